The van der Waals surface area contributed by atoms with Crippen LogP contribution in [0, 0.1) is 5.92 Å². The minimum absolute atomic E-state index is 0.224. The number of hydrogen-bond acceptors (Lipinski definition) is 3. The van der Waals surface area contributed by atoms with Crippen molar-refractivity contribution in [3.8, 4) is 0 Å². The van der Waals surface area contributed by atoms with Gasteiger partial charge in [-0.05, 0) is 52.1 Å². The van der Waals surface area contributed by atoms with Gasteiger partial charge in [-0.2, -0.15) is 0 Å². The maximum atomic E-state index is 12.7. The van der Waals surface area contributed by atoms with Gasteiger partial charge < -0.3 is 4.74 Å². The molecule has 0 bridgehead atoms. The summed E-state index contributed by atoms with van der Waals surface area (Å²) < 4.78 is 5.36. The zero-order valence-electron chi connectivity index (χ0n) is 11.2. The van der Waals surface area contributed by atoms with Crippen LogP contribution in [0.3, 0.4) is 0 Å². The van der Waals surface area contributed by atoms with Crippen molar-refractivity contribution in [2.45, 2.75) is 51.5 Å². The van der Waals surface area contributed by atoms with Crippen molar-refractivity contribution in [3.05, 3.63) is 0 Å². The number of likely N-dealkylation sites (tertiary alicyclic amines) is 1. The average Bonchev–Trinajstić information content (AvgIpc) is 2.92. The van der Waals surface area contributed by atoms with Crippen LogP contribution in [-0.2, 0) is 9.53 Å². The zero-order valence-corrected chi connectivity index (χ0v) is 11.2. The fourth-order valence-corrected chi connectivity index (χ4v) is 3.16. The molecule has 3 heteroatoms. The third kappa shape index (κ3) is 2.55. The minimum Gasteiger partial charge on any atom is -0.381 e. The molecule has 0 spiro atoms. The number of hydrogen-bond donors (Lipinski definition) is 0. The number of ketones is 1. The molecule has 2 aliphatic rings. The van der Waals surface area contributed by atoms with E-state index in [0.29, 0.717) is 5.78 Å². The van der Waals surface area contributed by atoms with Crippen LogP contribution in [-0.4, -0.2) is 42.5 Å². The number of carbonyl (C=O) groups excluding carboxylic acids is 1. The molecule has 1 unspecified atom stereocenters. The molecular weight excluding hydrogens is 214 g/mol. The lowest BCUT2D eigenvalue weighted by Gasteiger charge is -2.40. The maximum absolute atomic E-state index is 12.7. The lowest BCUT2D eigenvalue weighted by atomic mass is 9.80. The Bertz CT molecular complexity index is 267. The molecule has 2 fully saturated rings. The number of nitrogens with zero attached hydrogens (tertiary/aromatic N) is 1. The summed E-state index contributed by atoms with van der Waals surface area (Å²) in [6.45, 7) is 8.01. The van der Waals surface area contributed by atoms with Gasteiger partial charge in [0.25, 0.3) is 0 Å². The molecule has 0 aromatic heterocycles. The fraction of sp³-hybridized carbons (Fsp3) is 0.929. The monoisotopic (exact) mass is 239 g/mol. The highest BCUT2D eigenvalue weighted by atomic mass is 16.5. The maximum Gasteiger partial charge on any atom is 0.156 e. The van der Waals surface area contributed by atoms with Gasteiger partial charge in [0.15, 0.2) is 5.78 Å². The Morgan fingerprint density at radius 2 is 1.88 bits per heavy atom. The highest BCUT2D eigenvalue weighted by molar-refractivity contribution is 5.90. The molecule has 0 N–H and O–H groups in total. The Kier molecular flexibility index (Phi) is 4.21. The third-order valence-electron chi connectivity index (χ3n) is 4.62. The van der Waals surface area contributed by atoms with Gasteiger partial charge in [-0.25, -0.2) is 0 Å². The summed E-state index contributed by atoms with van der Waals surface area (Å²) in [4.78, 5) is 15.1. The van der Waals surface area contributed by atoms with E-state index in [4.69, 9.17) is 4.74 Å². The van der Waals surface area contributed by atoms with Crippen molar-refractivity contribution >= 4 is 5.78 Å². The van der Waals surface area contributed by atoms with E-state index in [1.54, 1.807) is 0 Å². The van der Waals surface area contributed by atoms with E-state index in [1.807, 2.05) is 0 Å². The predicted octanol–water partition coefficient (Wildman–Crippen LogP) is 2.25. The topological polar surface area (TPSA) is 29.5 Å². The molecule has 1 atom stereocenters. The summed E-state index contributed by atoms with van der Waals surface area (Å²) >= 11 is 0. The van der Waals surface area contributed by atoms with Crippen LogP contribution < -0.4 is 0 Å². The summed E-state index contributed by atoms with van der Waals surface area (Å²) in [6.07, 6.45) is 5.26. The first-order valence-corrected chi connectivity index (χ1v) is 7.05. The molecule has 17 heavy (non-hydrogen) atoms. The van der Waals surface area contributed by atoms with E-state index < -0.39 is 0 Å². The Morgan fingerprint density at radius 3 is 2.41 bits per heavy atom. The first-order valence-electron chi connectivity index (χ1n) is 7.05. The Labute approximate surface area is 105 Å². The van der Waals surface area contributed by atoms with E-state index in [0.717, 1.165) is 45.6 Å². The molecule has 2 aliphatic heterocycles. The van der Waals surface area contributed by atoms with Crippen molar-refractivity contribution in [1.82, 2.24) is 4.90 Å². The van der Waals surface area contributed by atoms with E-state index >= 15 is 0 Å². The van der Waals surface area contributed by atoms with Crippen LogP contribution in [0.2, 0.25) is 0 Å². The minimum atomic E-state index is -0.224. The number of rotatable bonds is 4. The Morgan fingerprint density at radius 1 is 1.29 bits per heavy atom. The SMILES string of the molecule is CCC(C)(C(=O)C1CCOCC1)N1CCCC1. The van der Waals surface area contributed by atoms with Gasteiger partial charge in [-0.3, -0.25) is 9.69 Å². The lowest BCUT2D eigenvalue weighted by molar-refractivity contribution is -0.137. The van der Waals surface area contributed by atoms with Crippen molar-refractivity contribution in [2.75, 3.05) is 26.3 Å². The van der Waals surface area contributed by atoms with Crippen LogP contribution in [0.1, 0.15) is 46.0 Å². The van der Waals surface area contributed by atoms with Gasteiger partial charge in [-0.15, -0.1) is 0 Å². The second-order valence-electron chi connectivity index (χ2n) is 5.57. The van der Waals surface area contributed by atoms with Gasteiger partial charge in [0.1, 0.15) is 0 Å². The standard InChI is InChI=1S/C14H25NO2/c1-3-14(2,15-8-4-5-9-15)13(16)12-6-10-17-11-7-12/h12H,3-11H2,1-2H3. The quantitative estimate of drug-likeness (QED) is 0.753. The summed E-state index contributed by atoms with van der Waals surface area (Å²) in [7, 11) is 0. The molecule has 2 saturated heterocycles. The molecule has 98 valence electrons. The van der Waals surface area contributed by atoms with Crippen LogP contribution in [0.15, 0.2) is 0 Å². The lowest BCUT2D eigenvalue weighted by Crippen LogP contribution is -2.53. The van der Waals surface area contributed by atoms with Gasteiger partial charge in [0.2, 0.25) is 0 Å². The van der Waals surface area contributed by atoms with E-state index in [9.17, 15) is 4.79 Å². The predicted molar refractivity (Wildman–Crippen MR) is 68.1 cm³/mol. The van der Waals surface area contributed by atoms with Crippen molar-refractivity contribution < 1.29 is 9.53 Å². The van der Waals surface area contributed by atoms with E-state index in [-0.39, 0.29) is 11.5 Å². The summed E-state index contributed by atoms with van der Waals surface area (Å²) in [6, 6.07) is 0. The molecule has 0 aliphatic carbocycles. The zero-order chi connectivity index (χ0) is 12.3. The molecule has 0 amide bonds. The first kappa shape index (κ1) is 13.0. The number of Topliss-reactive ketones (excluding diaryl/α,β-unsaturated/α-hetero) is 1. The Hall–Kier alpha value is -0.410. The van der Waals surface area contributed by atoms with Crippen LogP contribution in [0.5, 0.6) is 0 Å². The van der Waals surface area contributed by atoms with Crippen molar-refractivity contribution in [3.63, 3.8) is 0 Å². The molecular formula is C14H25NO2. The van der Waals surface area contributed by atoms with Gasteiger partial charge in [0.05, 0.1) is 5.54 Å². The van der Waals surface area contributed by atoms with Crippen LogP contribution in [0.4, 0.5) is 0 Å². The molecule has 0 aromatic rings. The molecule has 0 radical (unpaired) electrons. The third-order valence-corrected chi connectivity index (χ3v) is 4.62. The molecule has 3 nitrogen and oxygen atoms in total. The molecule has 2 rings (SSSR count). The second kappa shape index (κ2) is 5.49. The normalized spacial score (nSPS) is 26.9. The molecule has 0 saturated carbocycles. The largest absolute Gasteiger partial charge is 0.381 e. The van der Waals surface area contributed by atoms with E-state index in [2.05, 4.69) is 18.7 Å². The molecule has 2 heterocycles. The van der Waals surface area contributed by atoms with Gasteiger partial charge >= 0.3 is 0 Å². The summed E-state index contributed by atoms with van der Waals surface area (Å²) in [5.74, 6) is 0.694. The second-order valence-corrected chi connectivity index (χ2v) is 5.57. The fourth-order valence-electron chi connectivity index (χ4n) is 3.16. The first-order chi connectivity index (χ1) is 8.18. The average molecular weight is 239 g/mol. The Balaban J connectivity index is 2.07. The van der Waals surface area contributed by atoms with E-state index in [1.165, 1.54) is 12.8 Å². The van der Waals surface area contributed by atoms with Crippen LogP contribution >= 0.6 is 0 Å². The van der Waals surface area contributed by atoms with Gasteiger partial charge in [-0.1, -0.05) is 6.92 Å². The van der Waals surface area contributed by atoms with Gasteiger partial charge in [0, 0.05) is 19.1 Å². The summed E-state index contributed by atoms with van der Waals surface area (Å²) in [5.41, 5.74) is -0.224. The smallest absolute Gasteiger partial charge is 0.156 e. The molecule has 0 aromatic carbocycles. The van der Waals surface area contributed by atoms with Crippen molar-refractivity contribution in [1.29, 1.82) is 0 Å². The highest BCUT2D eigenvalue weighted by Crippen LogP contribution is 2.31. The highest BCUT2D eigenvalue weighted by Gasteiger charge is 2.42. The number of ether oxygens (including phenoxy) is 1. The van der Waals surface area contributed by atoms with Crippen molar-refractivity contribution in [2.24, 2.45) is 5.92 Å². The number of carbonyl (C=O) groups is 1. The summed E-state index contributed by atoms with van der Waals surface area (Å²) in [5, 5.41) is 0. The van der Waals surface area contributed by atoms with Crippen LogP contribution in [0.25, 0.3) is 0 Å².